The summed E-state index contributed by atoms with van der Waals surface area (Å²) in [6, 6.07) is 5.47. The lowest BCUT2D eigenvalue weighted by Crippen LogP contribution is -2.27. The van der Waals surface area contributed by atoms with Crippen molar-refractivity contribution in [3.05, 3.63) is 58.3 Å². The van der Waals surface area contributed by atoms with Crippen LogP contribution in [0.1, 0.15) is 36.9 Å². The molecule has 5 nitrogen and oxygen atoms in total. The molecule has 0 bridgehead atoms. The molecule has 0 aromatic carbocycles. The molecule has 1 aliphatic rings. The second-order valence-electron chi connectivity index (χ2n) is 6.19. The third kappa shape index (κ3) is 4.20. The van der Waals surface area contributed by atoms with Gasteiger partial charge in [0, 0.05) is 37.2 Å². The van der Waals surface area contributed by atoms with Gasteiger partial charge in [-0.15, -0.1) is 0 Å². The van der Waals surface area contributed by atoms with Crippen LogP contribution in [0, 0.1) is 0 Å². The van der Waals surface area contributed by atoms with Crippen LogP contribution in [0.4, 0.5) is 0 Å². The van der Waals surface area contributed by atoms with Gasteiger partial charge in [0.2, 0.25) is 5.43 Å². The highest BCUT2D eigenvalue weighted by atomic mass is 16.3. The zero-order valence-electron chi connectivity index (χ0n) is 13.3. The Morgan fingerprint density at radius 2 is 1.74 bits per heavy atom. The third-order valence-corrected chi connectivity index (χ3v) is 4.38. The van der Waals surface area contributed by atoms with Gasteiger partial charge in [-0.2, -0.15) is 0 Å². The SMILES string of the molecule is O=c1cc(CN2CCCCCC2)n(Cc2ccncc2)cc1O. The Hall–Kier alpha value is -2.14. The molecule has 3 rings (SSSR count). The quantitative estimate of drug-likeness (QED) is 0.941. The van der Waals surface area contributed by atoms with E-state index in [1.165, 1.54) is 25.7 Å². The first-order valence-electron chi connectivity index (χ1n) is 8.26. The molecule has 0 atom stereocenters. The van der Waals surface area contributed by atoms with Crippen molar-refractivity contribution < 1.29 is 5.11 Å². The first-order chi connectivity index (χ1) is 11.2. The fraction of sp³-hybridized carbons (Fsp3) is 0.444. The molecule has 23 heavy (non-hydrogen) atoms. The van der Waals surface area contributed by atoms with Gasteiger partial charge in [-0.3, -0.25) is 14.7 Å². The molecule has 0 aliphatic carbocycles. The maximum atomic E-state index is 11.9. The summed E-state index contributed by atoms with van der Waals surface area (Å²) in [6.45, 7) is 3.52. The molecule has 1 fully saturated rings. The van der Waals surface area contributed by atoms with E-state index < -0.39 is 0 Å². The number of aromatic nitrogens is 2. The predicted molar refractivity (Wildman–Crippen MR) is 89.5 cm³/mol. The van der Waals surface area contributed by atoms with Crippen LogP contribution in [0.25, 0.3) is 0 Å². The summed E-state index contributed by atoms with van der Waals surface area (Å²) in [6.07, 6.45) is 10.1. The van der Waals surface area contributed by atoms with Gasteiger partial charge in [-0.05, 0) is 43.6 Å². The standard InChI is InChI=1S/C18H23N3O2/c22-17-11-16(13-20-9-3-1-2-4-10-20)21(14-18(17)23)12-15-5-7-19-8-6-15/h5-8,11,14,23H,1-4,9-10,12-13H2. The molecule has 3 heterocycles. The zero-order valence-corrected chi connectivity index (χ0v) is 13.3. The van der Waals surface area contributed by atoms with Crippen molar-refractivity contribution in [1.29, 1.82) is 0 Å². The topological polar surface area (TPSA) is 58.4 Å². The third-order valence-electron chi connectivity index (χ3n) is 4.38. The molecule has 1 N–H and O–H groups in total. The van der Waals surface area contributed by atoms with Gasteiger partial charge in [0.1, 0.15) is 0 Å². The smallest absolute Gasteiger partial charge is 0.223 e. The van der Waals surface area contributed by atoms with Crippen LogP contribution in [0.2, 0.25) is 0 Å². The summed E-state index contributed by atoms with van der Waals surface area (Å²) in [5.74, 6) is -0.196. The molecule has 1 saturated heterocycles. The molecular formula is C18H23N3O2. The second-order valence-corrected chi connectivity index (χ2v) is 6.19. The fourth-order valence-electron chi connectivity index (χ4n) is 3.09. The number of hydrogen-bond acceptors (Lipinski definition) is 4. The lowest BCUT2D eigenvalue weighted by Gasteiger charge is -2.22. The first-order valence-corrected chi connectivity index (χ1v) is 8.26. The Morgan fingerprint density at radius 3 is 2.43 bits per heavy atom. The molecule has 0 spiro atoms. The number of likely N-dealkylation sites (tertiary alicyclic amines) is 1. The average Bonchev–Trinajstić information content (AvgIpc) is 2.82. The van der Waals surface area contributed by atoms with Crippen molar-refractivity contribution in [2.75, 3.05) is 13.1 Å². The number of hydrogen-bond donors (Lipinski definition) is 1. The van der Waals surface area contributed by atoms with Crippen molar-refractivity contribution >= 4 is 0 Å². The number of rotatable bonds is 4. The molecule has 1 aliphatic heterocycles. The predicted octanol–water partition coefficient (Wildman–Crippen LogP) is 2.37. The highest BCUT2D eigenvalue weighted by molar-refractivity contribution is 5.22. The molecule has 0 unspecified atom stereocenters. The summed E-state index contributed by atoms with van der Waals surface area (Å²) >= 11 is 0. The van der Waals surface area contributed by atoms with E-state index in [2.05, 4.69) is 9.88 Å². The Morgan fingerprint density at radius 1 is 1.04 bits per heavy atom. The van der Waals surface area contributed by atoms with E-state index in [1.807, 2.05) is 16.7 Å². The van der Waals surface area contributed by atoms with E-state index >= 15 is 0 Å². The summed E-state index contributed by atoms with van der Waals surface area (Å²) in [5, 5.41) is 9.79. The highest BCUT2D eigenvalue weighted by Crippen LogP contribution is 2.15. The van der Waals surface area contributed by atoms with Crippen molar-refractivity contribution in [1.82, 2.24) is 14.5 Å². The Bertz CT molecular complexity index is 689. The number of pyridine rings is 2. The minimum absolute atomic E-state index is 0.196. The van der Waals surface area contributed by atoms with E-state index in [0.717, 1.165) is 30.9 Å². The molecule has 0 saturated carbocycles. The van der Waals surface area contributed by atoms with E-state index in [4.69, 9.17) is 0 Å². The number of aromatic hydroxyl groups is 1. The van der Waals surface area contributed by atoms with E-state index in [0.29, 0.717) is 6.54 Å². The normalized spacial score (nSPS) is 16.2. The van der Waals surface area contributed by atoms with Crippen LogP contribution in [0.15, 0.2) is 41.6 Å². The molecule has 5 heteroatoms. The van der Waals surface area contributed by atoms with E-state index in [1.54, 1.807) is 24.7 Å². The Labute approximate surface area is 136 Å². The highest BCUT2D eigenvalue weighted by Gasteiger charge is 2.13. The van der Waals surface area contributed by atoms with Crippen LogP contribution in [-0.4, -0.2) is 32.6 Å². The van der Waals surface area contributed by atoms with Crippen LogP contribution in [-0.2, 0) is 13.1 Å². The molecular weight excluding hydrogens is 290 g/mol. The summed E-state index contributed by atoms with van der Waals surface area (Å²) in [4.78, 5) is 18.3. The van der Waals surface area contributed by atoms with Crippen LogP contribution in [0.3, 0.4) is 0 Å². The maximum Gasteiger partial charge on any atom is 0.223 e. The lowest BCUT2D eigenvalue weighted by molar-refractivity contribution is 0.269. The zero-order chi connectivity index (χ0) is 16.1. The molecule has 0 radical (unpaired) electrons. The molecule has 0 amide bonds. The van der Waals surface area contributed by atoms with Gasteiger partial charge in [-0.1, -0.05) is 12.8 Å². The molecule has 122 valence electrons. The van der Waals surface area contributed by atoms with Gasteiger partial charge >= 0.3 is 0 Å². The Balaban J connectivity index is 1.85. The van der Waals surface area contributed by atoms with Crippen molar-refractivity contribution in [2.24, 2.45) is 0 Å². The van der Waals surface area contributed by atoms with E-state index in [-0.39, 0.29) is 11.2 Å². The lowest BCUT2D eigenvalue weighted by atomic mass is 10.2. The monoisotopic (exact) mass is 313 g/mol. The van der Waals surface area contributed by atoms with Gasteiger partial charge < -0.3 is 9.67 Å². The minimum atomic E-state index is -0.305. The van der Waals surface area contributed by atoms with Crippen LogP contribution in [0.5, 0.6) is 5.75 Å². The summed E-state index contributed by atoms with van der Waals surface area (Å²) in [7, 11) is 0. The summed E-state index contributed by atoms with van der Waals surface area (Å²) < 4.78 is 1.97. The average molecular weight is 313 g/mol. The largest absolute Gasteiger partial charge is 0.503 e. The van der Waals surface area contributed by atoms with Crippen molar-refractivity contribution in [2.45, 2.75) is 38.8 Å². The Kier molecular flexibility index (Phi) is 5.08. The second kappa shape index (κ2) is 7.42. The minimum Gasteiger partial charge on any atom is -0.503 e. The maximum absolute atomic E-state index is 11.9. The summed E-state index contributed by atoms with van der Waals surface area (Å²) in [5.41, 5.74) is 1.74. The van der Waals surface area contributed by atoms with Crippen LogP contribution >= 0.6 is 0 Å². The fourth-order valence-corrected chi connectivity index (χ4v) is 3.09. The van der Waals surface area contributed by atoms with Gasteiger partial charge in [0.25, 0.3) is 0 Å². The first kappa shape index (κ1) is 15.7. The van der Waals surface area contributed by atoms with Crippen molar-refractivity contribution in [3.63, 3.8) is 0 Å². The van der Waals surface area contributed by atoms with E-state index in [9.17, 15) is 9.90 Å². The molecule has 2 aromatic heterocycles. The van der Waals surface area contributed by atoms with Crippen molar-refractivity contribution in [3.8, 4) is 5.75 Å². The van der Waals surface area contributed by atoms with Crippen LogP contribution < -0.4 is 5.43 Å². The van der Waals surface area contributed by atoms with Gasteiger partial charge in [-0.25, -0.2) is 0 Å². The molecule has 2 aromatic rings. The van der Waals surface area contributed by atoms with Gasteiger partial charge in [0.05, 0.1) is 6.20 Å². The van der Waals surface area contributed by atoms with Gasteiger partial charge in [0.15, 0.2) is 5.75 Å². The number of nitrogens with zero attached hydrogens (tertiary/aromatic N) is 3.